The van der Waals surface area contributed by atoms with Gasteiger partial charge in [0.15, 0.2) is 0 Å². The molecule has 0 fully saturated rings. The molecular formula is C15H12N2O. The van der Waals surface area contributed by atoms with Gasteiger partial charge >= 0.3 is 0 Å². The second-order valence-corrected chi connectivity index (χ2v) is 3.62. The van der Waals surface area contributed by atoms with Gasteiger partial charge < -0.3 is 5.32 Å². The lowest BCUT2D eigenvalue weighted by molar-refractivity contribution is 0.0963. The molecule has 2 aromatic rings. The Morgan fingerprint density at radius 1 is 1.11 bits per heavy atom. The number of benzene rings is 1. The van der Waals surface area contributed by atoms with Crippen molar-refractivity contribution in [1.82, 2.24) is 10.3 Å². The molecule has 0 spiro atoms. The second-order valence-electron chi connectivity index (χ2n) is 3.62. The SMILES string of the molecule is CNC(=O)c1ccc(C#Cc2ccccn2)cc1. The normalized spacial score (nSPS) is 9.17. The van der Waals surface area contributed by atoms with Crippen molar-refractivity contribution in [3.63, 3.8) is 0 Å². The summed E-state index contributed by atoms with van der Waals surface area (Å²) in [5.41, 5.74) is 2.21. The number of amides is 1. The molecule has 2 rings (SSSR count). The summed E-state index contributed by atoms with van der Waals surface area (Å²) in [5, 5.41) is 2.57. The van der Waals surface area contributed by atoms with Crippen LogP contribution in [-0.4, -0.2) is 17.9 Å². The first-order chi connectivity index (χ1) is 8.79. The van der Waals surface area contributed by atoms with Crippen molar-refractivity contribution < 1.29 is 4.79 Å². The van der Waals surface area contributed by atoms with Crippen LogP contribution in [0.25, 0.3) is 0 Å². The molecule has 0 aliphatic carbocycles. The summed E-state index contributed by atoms with van der Waals surface area (Å²) in [5.74, 6) is 5.86. The maximum absolute atomic E-state index is 11.3. The van der Waals surface area contributed by atoms with E-state index in [-0.39, 0.29) is 5.91 Å². The lowest BCUT2D eigenvalue weighted by Gasteiger charge is -1.98. The van der Waals surface area contributed by atoms with Crippen LogP contribution in [0.1, 0.15) is 21.6 Å². The van der Waals surface area contributed by atoms with Gasteiger partial charge in [-0.15, -0.1) is 0 Å². The summed E-state index contributed by atoms with van der Waals surface area (Å²) in [7, 11) is 1.61. The van der Waals surface area contributed by atoms with Gasteiger partial charge in [-0.1, -0.05) is 12.0 Å². The van der Waals surface area contributed by atoms with Crippen molar-refractivity contribution >= 4 is 5.91 Å². The van der Waals surface area contributed by atoms with Crippen LogP contribution in [0.4, 0.5) is 0 Å². The molecule has 3 heteroatoms. The molecule has 1 amide bonds. The first-order valence-corrected chi connectivity index (χ1v) is 5.55. The first-order valence-electron chi connectivity index (χ1n) is 5.55. The van der Waals surface area contributed by atoms with Gasteiger partial charge in [0.25, 0.3) is 5.91 Å². The molecule has 0 saturated heterocycles. The van der Waals surface area contributed by atoms with E-state index in [4.69, 9.17) is 0 Å². The minimum Gasteiger partial charge on any atom is -0.355 e. The highest BCUT2D eigenvalue weighted by Crippen LogP contribution is 2.03. The Hall–Kier alpha value is -2.60. The van der Waals surface area contributed by atoms with Crippen LogP contribution in [-0.2, 0) is 0 Å². The van der Waals surface area contributed by atoms with E-state index in [0.29, 0.717) is 5.56 Å². The predicted molar refractivity (Wildman–Crippen MR) is 70.0 cm³/mol. The monoisotopic (exact) mass is 236 g/mol. The maximum Gasteiger partial charge on any atom is 0.251 e. The Labute approximate surface area is 106 Å². The van der Waals surface area contributed by atoms with Crippen LogP contribution in [0.2, 0.25) is 0 Å². The highest BCUT2D eigenvalue weighted by molar-refractivity contribution is 5.94. The fourth-order valence-electron chi connectivity index (χ4n) is 1.42. The molecule has 1 aromatic carbocycles. The highest BCUT2D eigenvalue weighted by atomic mass is 16.1. The average Bonchev–Trinajstić information content (AvgIpc) is 2.46. The largest absolute Gasteiger partial charge is 0.355 e. The molecule has 18 heavy (non-hydrogen) atoms. The van der Waals surface area contributed by atoms with E-state index in [1.54, 1.807) is 25.4 Å². The molecule has 0 atom stereocenters. The smallest absolute Gasteiger partial charge is 0.251 e. The molecule has 1 aromatic heterocycles. The van der Waals surface area contributed by atoms with Gasteiger partial charge in [-0.05, 0) is 42.3 Å². The predicted octanol–water partition coefficient (Wildman–Crippen LogP) is 1.84. The average molecular weight is 236 g/mol. The number of nitrogens with one attached hydrogen (secondary N) is 1. The van der Waals surface area contributed by atoms with Crippen LogP contribution >= 0.6 is 0 Å². The van der Waals surface area contributed by atoms with E-state index in [2.05, 4.69) is 22.1 Å². The number of nitrogens with zero attached hydrogens (tertiary/aromatic N) is 1. The van der Waals surface area contributed by atoms with Gasteiger partial charge in [-0.3, -0.25) is 4.79 Å². The van der Waals surface area contributed by atoms with Gasteiger partial charge in [0.2, 0.25) is 0 Å². The van der Waals surface area contributed by atoms with Crippen LogP contribution in [0.5, 0.6) is 0 Å². The van der Waals surface area contributed by atoms with E-state index >= 15 is 0 Å². The third kappa shape index (κ3) is 2.96. The van der Waals surface area contributed by atoms with Crippen molar-refractivity contribution in [2.75, 3.05) is 7.05 Å². The van der Waals surface area contributed by atoms with Gasteiger partial charge in [0.1, 0.15) is 5.69 Å². The minimum atomic E-state index is -0.0979. The van der Waals surface area contributed by atoms with E-state index in [0.717, 1.165) is 11.3 Å². The van der Waals surface area contributed by atoms with E-state index in [1.807, 2.05) is 30.3 Å². The summed E-state index contributed by atoms with van der Waals surface area (Å²) in [6.07, 6.45) is 1.71. The zero-order valence-electron chi connectivity index (χ0n) is 9.97. The number of carbonyl (C=O) groups excluding carboxylic acids is 1. The van der Waals surface area contributed by atoms with Crippen LogP contribution < -0.4 is 5.32 Å². The van der Waals surface area contributed by atoms with Gasteiger partial charge in [0, 0.05) is 24.4 Å². The van der Waals surface area contributed by atoms with E-state index in [9.17, 15) is 4.79 Å². The Morgan fingerprint density at radius 2 is 1.89 bits per heavy atom. The van der Waals surface area contributed by atoms with Crippen molar-refractivity contribution in [3.8, 4) is 11.8 Å². The highest BCUT2D eigenvalue weighted by Gasteiger charge is 2.00. The first kappa shape index (κ1) is 11.9. The fourth-order valence-corrected chi connectivity index (χ4v) is 1.42. The molecule has 0 saturated carbocycles. The quantitative estimate of drug-likeness (QED) is 0.768. The van der Waals surface area contributed by atoms with E-state index < -0.39 is 0 Å². The molecule has 0 bridgehead atoms. The number of pyridine rings is 1. The second kappa shape index (κ2) is 5.65. The number of hydrogen-bond acceptors (Lipinski definition) is 2. The zero-order chi connectivity index (χ0) is 12.8. The minimum absolute atomic E-state index is 0.0979. The maximum atomic E-state index is 11.3. The number of aromatic nitrogens is 1. The standard InChI is InChI=1S/C15H12N2O/c1-16-15(18)13-8-5-12(6-9-13)7-10-14-4-2-3-11-17-14/h2-6,8-9,11H,1H3,(H,16,18). The number of carbonyl (C=O) groups is 1. The van der Waals surface area contributed by atoms with Crippen LogP contribution in [0.15, 0.2) is 48.7 Å². The van der Waals surface area contributed by atoms with Gasteiger partial charge in [0.05, 0.1) is 0 Å². The lowest BCUT2D eigenvalue weighted by Crippen LogP contribution is -2.17. The summed E-state index contributed by atoms with van der Waals surface area (Å²) < 4.78 is 0. The molecule has 1 heterocycles. The van der Waals surface area contributed by atoms with Gasteiger partial charge in [-0.2, -0.15) is 0 Å². The zero-order valence-corrected chi connectivity index (χ0v) is 9.97. The van der Waals surface area contributed by atoms with Crippen LogP contribution in [0.3, 0.4) is 0 Å². The molecule has 0 aliphatic rings. The van der Waals surface area contributed by atoms with Crippen molar-refractivity contribution in [3.05, 3.63) is 65.5 Å². The molecule has 0 unspecified atom stereocenters. The molecule has 0 radical (unpaired) electrons. The summed E-state index contributed by atoms with van der Waals surface area (Å²) in [6, 6.07) is 12.7. The molecule has 3 nitrogen and oxygen atoms in total. The molecular weight excluding hydrogens is 224 g/mol. The molecule has 88 valence electrons. The third-order valence-corrected chi connectivity index (χ3v) is 2.37. The van der Waals surface area contributed by atoms with Crippen molar-refractivity contribution in [2.45, 2.75) is 0 Å². The lowest BCUT2D eigenvalue weighted by atomic mass is 10.1. The Bertz CT molecular complexity index is 592. The van der Waals surface area contributed by atoms with Crippen molar-refractivity contribution in [1.29, 1.82) is 0 Å². The summed E-state index contributed by atoms with van der Waals surface area (Å²) in [6.45, 7) is 0. The van der Waals surface area contributed by atoms with Crippen LogP contribution in [0, 0.1) is 11.8 Å². The fraction of sp³-hybridized carbons (Fsp3) is 0.0667. The van der Waals surface area contributed by atoms with Crippen molar-refractivity contribution in [2.24, 2.45) is 0 Å². The third-order valence-electron chi connectivity index (χ3n) is 2.37. The summed E-state index contributed by atoms with van der Waals surface area (Å²) in [4.78, 5) is 15.5. The Balaban J connectivity index is 2.17. The Kier molecular flexibility index (Phi) is 3.72. The Morgan fingerprint density at radius 3 is 2.50 bits per heavy atom. The summed E-state index contributed by atoms with van der Waals surface area (Å²) >= 11 is 0. The molecule has 0 aliphatic heterocycles. The number of rotatable bonds is 1. The number of hydrogen-bond donors (Lipinski definition) is 1. The van der Waals surface area contributed by atoms with Gasteiger partial charge in [-0.25, -0.2) is 4.98 Å². The topological polar surface area (TPSA) is 42.0 Å². The molecule has 1 N–H and O–H groups in total. The van der Waals surface area contributed by atoms with E-state index in [1.165, 1.54) is 0 Å².